The third-order valence-electron chi connectivity index (χ3n) is 8.05. The number of halogens is 2. The zero-order valence-corrected chi connectivity index (χ0v) is 25.4. The molecule has 1 fully saturated rings. The number of aliphatic hydroxyl groups excluding tert-OH is 1. The van der Waals surface area contributed by atoms with E-state index in [2.05, 4.69) is 3.21 Å². The Labute approximate surface area is 226 Å². The molecule has 1 heterocycles. The van der Waals surface area contributed by atoms with Crippen LogP contribution in [0, 0.1) is 29.6 Å². The van der Waals surface area contributed by atoms with Gasteiger partial charge >= 0.3 is 227 Å². The summed E-state index contributed by atoms with van der Waals surface area (Å²) in [5, 5.41) is 22.8. The Kier molecular flexibility index (Phi) is 13.4. The van der Waals surface area contributed by atoms with Gasteiger partial charge in [-0.05, 0) is 0 Å². The zero-order chi connectivity index (χ0) is 27.8. The standard InChI is InChI=1S/C26H47FINO7/c1-10-20-26(8,33)23(31)17(4)21(29-28-35-13-11-12-27)15(2)14-25(7,34-9)19(6)16(3)22(30)18(5)24(32)36-20/h15-20,23,29,31,33H,10-14H2,1-9H3/t15-,16-,17+,18-,19-,20-,23-,25-,26-/m1/s1. The quantitative estimate of drug-likeness (QED) is 0.106. The van der Waals surface area contributed by atoms with Crippen molar-refractivity contribution >= 4 is 17.5 Å². The van der Waals surface area contributed by atoms with Crippen LogP contribution in [0.25, 0.3) is 0 Å². The average Bonchev–Trinajstić information content (AvgIpc) is 2.85. The molecule has 0 aromatic carbocycles. The number of rotatable bonds is 7. The van der Waals surface area contributed by atoms with Crippen molar-refractivity contribution in [2.24, 2.45) is 29.6 Å². The second-order valence-electron chi connectivity index (χ2n) is 10.6. The summed E-state index contributed by atoms with van der Waals surface area (Å²) in [5.41, 5.74) is -1.72. The summed E-state index contributed by atoms with van der Waals surface area (Å²) >= 11 is -0.996. The predicted molar refractivity (Wildman–Crippen MR) is 130 cm³/mol. The topological polar surface area (TPSA) is 116 Å². The van der Waals surface area contributed by atoms with Gasteiger partial charge in [0.15, 0.2) is 0 Å². The molecule has 1 saturated heterocycles. The van der Waals surface area contributed by atoms with E-state index in [-0.39, 0.29) is 24.0 Å². The van der Waals surface area contributed by atoms with Gasteiger partial charge in [-0.3, -0.25) is 0 Å². The zero-order valence-electron chi connectivity index (χ0n) is 23.3. The number of carbonyl (C=O) groups excluding carboxylic acids is 2. The number of ketones is 1. The molecule has 0 aliphatic carbocycles. The second kappa shape index (κ2) is 14.5. The number of esters is 1. The maximum absolute atomic E-state index is 13.3. The molecule has 0 spiro atoms. The van der Waals surface area contributed by atoms with Crippen LogP contribution in [-0.4, -0.2) is 71.5 Å². The van der Waals surface area contributed by atoms with E-state index in [9.17, 15) is 24.2 Å². The van der Waals surface area contributed by atoms with Crippen LogP contribution in [0.15, 0.2) is 0 Å². The Balaban J connectivity index is 3.58. The van der Waals surface area contributed by atoms with Crippen molar-refractivity contribution in [1.82, 2.24) is 0 Å². The minimum absolute atomic E-state index is 0.132. The van der Waals surface area contributed by atoms with E-state index in [1.165, 1.54) is 13.8 Å². The number of cyclic esters (lactones) is 1. The molecular formula is C26H47FINO7. The molecule has 0 unspecified atom stereocenters. The predicted octanol–water partition coefficient (Wildman–Crippen LogP) is -1.20. The van der Waals surface area contributed by atoms with Gasteiger partial charge in [-0.2, -0.15) is 0 Å². The van der Waals surface area contributed by atoms with Crippen molar-refractivity contribution in [3.05, 3.63) is 0 Å². The van der Waals surface area contributed by atoms with Crippen LogP contribution in [-0.2, 0) is 22.1 Å². The molecule has 0 radical (unpaired) electrons. The number of alkyl halides is 1. The first-order valence-corrected chi connectivity index (χ1v) is 14.8. The van der Waals surface area contributed by atoms with E-state index in [4.69, 9.17) is 12.5 Å². The van der Waals surface area contributed by atoms with Crippen molar-refractivity contribution in [1.29, 1.82) is 0 Å². The Bertz CT molecular complexity index is 765. The van der Waals surface area contributed by atoms with E-state index in [1.807, 2.05) is 27.7 Å². The van der Waals surface area contributed by atoms with Crippen LogP contribution in [0.2, 0.25) is 0 Å². The fraction of sp³-hybridized carbons (Fsp3) is 0.885. The molecule has 8 nitrogen and oxygen atoms in total. The van der Waals surface area contributed by atoms with Gasteiger partial charge in [0.1, 0.15) is 0 Å². The fourth-order valence-corrected chi connectivity index (χ4v) is 7.00. The number of nitrogens with one attached hydrogen (secondary N) is 1. The van der Waals surface area contributed by atoms with E-state index < -0.39 is 75.7 Å². The molecule has 1 rings (SSSR count). The summed E-state index contributed by atoms with van der Waals surface area (Å²) in [7, 11) is 1.61. The van der Waals surface area contributed by atoms with Crippen LogP contribution in [0.3, 0.4) is 0 Å². The first kappa shape index (κ1) is 33.3. The molecule has 0 saturated carbocycles. The molecule has 0 aromatic heterocycles. The molecule has 212 valence electrons. The van der Waals surface area contributed by atoms with Crippen molar-refractivity contribution in [3.8, 4) is 0 Å². The summed E-state index contributed by atoms with van der Waals surface area (Å²) in [5.74, 6) is -3.36. The molecule has 3 N–H and O–H groups in total. The number of aliphatic hydroxyl groups is 2. The van der Waals surface area contributed by atoms with Gasteiger partial charge in [0, 0.05) is 0 Å². The van der Waals surface area contributed by atoms with Crippen molar-refractivity contribution in [2.45, 2.75) is 98.1 Å². The molecular weight excluding hydrogens is 584 g/mol. The number of hydrogen-bond donors (Lipinski definition) is 3. The van der Waals surface area contributed by atoms with Gasteiger partial charge in [-0.25, -0.2) is 0 Å². The summed E-state index contributed by atoms with van der Waals surface area (Å²) < 4.78 is 33.0. The van der Waals surface area contributed by atoms with Crippen molar-refractivity contribution in [3.63, 3.8) is 0 Å². The van der Waals surface area contributed by atoms with Gasteiger partial charge in [-0.15, -0.1) is 0 Å². The molecule has 1 aliphatic rings. The van der Waals surface area contributed by atoms with Crippen LogP contribution in [0.1, 0.15) is 74.7 Å². The van der Waals surface area contributed by atoms with E-state index in [0.717, 1.165) is 5.71 Å². The van der Waals surface area contributed by atoms with Crippen molar-refractivity contribution in [2.75, 3.05) is 20.4 Å². The average molecular weight is 632 g/mol. The minimum atomic E-state index is -1.78. The Morgan fingerprint density at radius 3 is 2.31 bits per heavy atom. The SMILES string of the molecule is CC[C@H]1OC(=O)[C@H](C)C(=O)[C@H](C)[C@@H](C)[C@](C)(OC)C[C@@H](C)C(=[NH+][I-]OCCCF)[C@H](C)[C@@H](O)[C@]1(C)O. The van der Waals surface area contributed by atoms with Gasteiger partial charge in [0.25, 0.3) is 0 Å². The fourth-order valence-electron chi connectivity index (χ4n) is 5.03. The van der Waals surface area contributed by atoms with Crippen LogP contribution in [0.5, 0.6) is 0 Å². The van der Waals surface area contributed by atoms with Gasteiger partial charge in [0.2, 0.25) is 0 Å². The Morgan fingerprint density at radius 1 is 1.17 bits per heavy atom. The van der Waals surface area contributed by atoms with Crippen LogP contribution in [0.4, 0.5) is 4.39 Å². The number of ether oxygens (including phenoxy) is 2. The van der Waals surface area contributed by atoms with Crippen molar-refractivity contribution < 1.29 is 61.8 Å². The molecule has 0 aromatic rings. The second-order valence-corrected chi connectivity index (χ2v) is 12.2. The first-order chi connectivity index (χ1) is 16.7. The molecule has 10 heteroatoms. The third-order valence-corrected chi connectivity index (χ3v) is 9.65. The van der Waals surface area contributed by atoms with Crippen LogP contribution >= 0.6 is 0 Å². The molecule has 0 amide bonds. The van der Waals surface area contributed by atoms with Gasteiger partial charge in [0.05, 0.1) is 0 Å². The molecule has 0 bridgehead atoms. The maximum atomic E-state index is 13.3. The molecule has 9 atom stereocenters. The number of methoxy groups -OCH3 is 1. The Hall–Kier alpha value is -0.690. The van der Waals surface area contributed by atoms with Crippen LogP contribution < -0.4 is 25.1 Å². The normalized spacial score (nSPS) is 40.8. The number of Topliss-reactive ketones (excluding diaryl/α,β-unsaturated/α-hetero) is 1. The number of carbonyl (C=O) groups is 2. The van der Waals surface area contributed by atoms with E-state index >= 15 is 0 Å². The summed E-state index contributed by atoms with van der Waals surface area (Å²) in [6.07, 6.45) is -1.20. The van der Waals surface area contributed by atoms with E-state index in [0.29, 0.717) is 19.4 Å². The van der Waals surface area contributed by atoms with E-state index in [1.54, 1.807) is 21.0 Å². The summed E-state index contributed by atoms with van der Waals surface area (Å²) in [6, 6.07) is 0. The van der Waals surface area contributed by atoms with Gasteiger partial charge in [-0.1, -0.05) is 0 Å². The summed E-state index contributed by atoms with van der Waals surface area (Å²) in [6.45, 7) is 14.1. The number of hydrogen-bond acceptors (Lipinski definition) is 7. The Morgan fingerprint density at radius 2 is 1.78 bits per heavy atom. The molecule has 1 aliphatic heterocycles. The third kappa shape index (κ3) is 7.91. The van der Waals surface area contributed by atoms with Gasteiger partial charge < -0.3 is 0 Å². The first-order valence-electron chi connectivity index (χ1n) is 12.8. The monoisotopic (exact) mass is 631 g/mol. The summed E-state index contributed by atoms with van der Waals surface area (Å²) in [4.78, 5) is 26.2. The molecule has 36 heavy (non-hydrogen) atoms.